The van der Waals surface area contributed by atoms with Crippen LogP contribution in [-0.2, 0) is 4.79 Å². The van der Waals surface area contributed by atoms with Crippen molar-refractivity contribution in [1.82, 2.24) is 5.32 Å². The summed E-state index contributed by atoms with van der Waals surface area (Å²) < 4.78 is 0. The molecular formula is C16H23ClN2O. The molecule has 1 aromatic carbocycles. The van der Waals surface area contributed by atoms with Crippen LogP contribution in [0.2, 0.25) is 5.02 Å². The normalized spacial score (nSPS) is 17.6. The van der Waals surface area contributed by atoms with Gasteiger partial charge in [0.2, 0.25) is 5.91 Å². The molecule has 110 valence electrons. The monoisotopic (exact) mass is 294 g/mol. The van der Waals surface area contributed by atoms with Gasteiger partial charge in [-0.2, -0.15) is 0 Å². The summed E-state index contributed by atoms with van der Waals surface area (Å²) in [6, 6.07) is 5.79. The van der Waals surface area contributed by atoms with E-state index in [0.717, 1.165) is 29.1 Å². The molecular weight excluding hydrogens is 272 g/mol. The molecule has 0 spiro atoms. The van der Waals surface area contributed by atoms with Crippen LogP contribution in [0, 0.1) is 6.92 Å². The Labute approximate surface area is 126 Å². The molecule has 1 saturated carbocycles. The number of carbonyl (C=O) groups is 1. The smallest absolute Gasteiger partial charge is 0.242 e. The third kappa shape index (κ3) is 3.89. The molecule has 3 nitrogen and oxygen atoms in total. The molecule has 20 heavy (non-hydrogen) atoms. The molecule has 0 bridgehead atoms. The number of carbonyl (C=O) groups excluding carboxylic acids is 1. The van der Waals surface area contributed by atoms with Gasteiger partial charge in [-0.3, -0.25) is 4.79 Å². The summed E-state index contributed by atoms with van der Waals surface area (Å²) in [6.07, 6.45) is 5.95. The van der Waals surface area contributed by atoms with Crippen LogP contribution >= 0.6 is 11.6 Å². The molecule has 0 heterocycles. The lowest BCUT2D eigenvalue weighted by molar-refractivity contribution is -0.122. The summed E-state index contributed by atoms with van der Waals surface area (Å²) in [5, 5.41) is 7.10. The molecule has 1 aromatic rings. The summed E-state index contributed by atoms with van der Waals surface area (Å²) in [5.74, 6) is 0.0660. The van der Waals surface area contributed by atoms with Gasteiger partial charge in [0.1, 0.15) is 6.04 Å². The number of hydrogen-bond donors (Lipinski definition) is 2. The number of nitrogens with one attached hydrogen (secondary N) is 2. The van der Waals surface area contributed by atoms with Crippen molar-refractivity contribution in [3.63, 3.8) is 0 Å². The molecule has 0 radical (unpaired) electrons. The quantitative estimate of drug-likeness (QED) is 0.884. The largest absolute Gasteiger partial charge is 0.374 e. The van der Waals surface area contributed by atoms with E-state index in [9.17, 15) is 4.79 Å². The van der Waals surface area contributed by atoms with Crippen molar-refractivity contribution in [2.75, 3.05) is 5.32 Å². The lowest BCUT2D eigenvalue weighted by Crippen LogP contribution is -2.44. The minimum Gasteiger partial charge on any atom is -0.374 e. The minimum atomic E-state index is -0.255. The maximum Gasteiger partial charge on any atom is 0.242 e. The van der Waals surface area contributed by atoms with E-state index in [-0.39, 0.29) is 11.9 Å². The van der Waals surface area contributed by atoms with Gasteiger partial charge in [-0.15, -0.1) is 0 Å². The van der Waals surface area contributed by atoms with Crippen LogP contribution in [0.25, 0.3) is 0 Å². The minimum absolute atomic E-state index is 0.0660. The van der Waals surface area contributed by atoms with Crippen molar-refractivity contribution >= 4 is 23.2 Å². The second-order valence-electron chi connectivity index (χ2n) is 5.62. The Balaban J connectivity index is 1.91. The number of benzene rings is 1. The van der Waals surface area contributed by atoms with Gasteiger partial charge >= 0.3 is 0 Å². The van der Waals surface area contributed by atoms with Gasteiger partial charge in [-0.25, -0.2) is 0 Å². The first-order chi connectivity index (χ1) is 9.58. The summed E-state index contributed by atoms with van der Waals surface area (Å²) >= 11 is 6.09. The Morgan fingerprint density at radius 3 is 2.70 bits per heavy atom. The topological polar surface area (TPSA) is 41.1 Å². The maximum absolute atomic E-state index is 12.2. The zero-order valence-electron chi connectivity index (χ0n) is 12.2. The highest BCUT2D eigenvalue weighted by Crippen LogP contribution is 2.23. The number of amides is 1. The van der Waals surface area contributed by atoms with E-state index in [1.165, 1.54) is 19.3 Å². The Bertz CT molecular complexity index is 470. The summed E-state index contributed by atoms with van der Waals surface area (Å²) in [6.45, 7) is 3.84. The van der Waals surface area contributed by atoms with Crippen LogP contribution in [-0.4, -0.2) is 18.0 Å². The standard InChI is InChI=1S/C16H23ClN2O/c1-11-14(17)9-6-10-15(11)18-12(2)16(20)19-13-7-4-3-5-8-13/h6,9-10,12-13,18H,3-5,7-8H2,1-2H3,(H,19,20). The van der Waals surface area contributed by atoms with Crippen LogP contribution in [0.5, 0.6) is 0 Å². The molecule has 1 atom stereocenters. The lowest BCUT2D eigenvalue weighted by atomic mass is 9.95. The van der Waals surface area contributed by atoms with Crippen LogP contribution in [0.4, 0.5) is 5.69 Å². The van der Waals surface area contributed by atoms with Crippen molar-refractivity contribution in [1.29, 1.82) is 0 Å². The van der Waals surface area contributed by atoms with E-state index in [2.05, 4.69) is 10.6 Å². The molecule has 0 saturated heterocycles. The number of hydrogen-bond acceptors (Lipinski definition) is 2. The van der Waals surface area contributed by atoms with Gasteiger partial charge in [0.05, 0.1) is 0 Å². The zero-order valence-corrected chi connectivity index (χ0v) is 13.0. The summed E-state index contributed by atoms with van der Waals surface area (Å²) in [5.41, 5.74) is 1.90. The summed E-state index contributed by atoms with van der Waals surface area (Å²) in [4.78, 5) is 12.2. The lowest BCUT2D eigenvalue weighted by Gasteiger charge is -2.25. The van der Waals surface area contributed by atoms with E-state index in [1.807, 2.05) is 32.0 Å². The first kappa shape index (κ1) is 15.2. The fourth-order valence-electron chi connectivity index (χ4n) is 2.64. The SMILES string of the molecule is Cc1c(Cl)cccc1NC(C)C(=O)NC1CCCCC1. The number of rotatable bonds is 4. The van der Waals surface area contributed by atoms with Crippen LogP contribution in [0.15, 0.2) is 18.2 Å². The van der Waals surface area contributed by atoms with Gasteiger partial charge in [0.25, 0.3) is 0 Å². The Hall–Kier alpha value is -1.22. The molecule has 4 heteroatoms. The summed E-state index contributed by atoms with van der Waals surface area (Å²) in [7, 11) is 0. The van der Waals surface area contributed by atoms with E-state index in [0.29, 0.717) is 6.04 Å². The van der Waals surface area contributed by atoms with Crippen LogP contribution < -0.4 is 10.6 Å². The van der Waals surface area contributed by atoms with E-state index in [4.69, 9.17) is 11.6 Å². The second kappa shape index (κ2) is 6.98. The Morgan fingerprint density at radius 1 is 1.30 bits per heavy atom. The van der Waals surface area contributed by atoms with Gasteiger partial charge in [0.15, 0.2) is 0 Å². The van der Waals surface area contributed by atoms with Crippen LogP contribution in [0.3, 0.4) is 0 Å². The van der Waals surface area contributed by atoms with E-state index < -0.39 is 0 Å². The first-order valence-corrected chi connectivity index (χ1v) is 7.77. The molecule has 2 N–H and O–H groups in total. The van der Waals surface area contributed by atoms with Crippen molar-refractivity contribution in [2.24, 2.45) is 0 Å². The molecule has 0 aromatic heterocycles. The van der Waals surface area contributed by atoms with E-state index in [1.54, 1.807) is 0 Å². The van der Waals surface area contributed by atoms with Gasteiger partial charge < -0.3 is 10.6 Å². The van der Waals surface area contributed by atoms with Crippen molar-refractivity contribution in [2.45, 2.75) is 58.0 Å². The van der Waals surface area contributed by atoms with Crippen molar-refractivity contribution < 1.29 is 4.79 Å². The molecule has 1 unspecified atom stereocenters. The van der Waals surface area contributed by atoms with Gasteiger partial charge in [-0.1, -0.05) is 36.9 Å². The maximum atomic E-state index is 12.2. The molecule has 0 aliphatic heterocycles. The molecule has 1 amide bonds. The molecule has 2 rings (SSSR count). The third-order valence-corrected chi connectivity index (χ3v) is 4.39. The third-order valence-electron chi connectivity index (χ3n) is 3.98. The zero-order chi connectivity index (χ0) is 14.5. The molecule has 1 fully saturated rings. The number of halogens is 1. The average Bonchev–Trinajstić information content (AvgIpc) is 2.45. The second-order valence-corrected chi connectivity index (χ2v) is 6.03. The molecule has 1 aliphatic rings. The number of anilines is 1. The highest BCUT2D eigenvalue weighted by molar-refractivity contribution is 6.31. The van der Waals surface area contributed by atoms with Gasteiger partial charge in [0, 0.05) is 16.8 Å². The predicted octanol–water partition coefficient (Wildman–Crippen LogP) is 3.90. The average molecular weight is 295 g/mol. The highest BCUT2D eigenvalue weighted by atomic mass is 35.5. The fourth-order valence-corrected chi connectivity index (χ4v) is 2.81. The van der Waals surface area contributed by atoms with Crippen molar-refractivity contribution in [3.05, 3.63) is 28.8 Å². The van der Waals surface area contributed by atoms with Gasteiger partial charge in [-0.05, 0) is 44.4 Å². The Morgan fingerprint density at radius 2 is 2.00 bits per heavy atom. The predicted molar refractivity (Wildman–Crippen MR) is 84.3 cm³/mol. The fraction of sp³-hybridized carbons (Fsp3) is 0.562. The Kier molecular flexibility index (Phi) is 5.30. The molecule has 1 aliphatic carbocycles. The first-order valence-electron chi connectivity index (χ1n) is 7.40. The van der Waals surface area contributed by atoms with E-state index >= 15 is 0 Å². The van der Waals surface area contributed by atoms with Crippen LogP contribution in [0.1, 0.15) is 44.6 Å². The van der Waals surface area contributed by atoms with Crippen molar-refractivity contribution in [3.8, 4) is 0 Å². The highest BCUT2D eigenvalue weighted by Gasteiger charge is 2.19.